The summed E-state index contributed by atoms with van der Waals surface area (Å²) in [5.41, 5.74) is 0. The van der Waals surface area contributed by atoms with Crippen LogP contribution in [0.1, 0.15) is 16.5 Å². The van der Waals surface area contributed by atoms with Crippen LogP contribution in [0.5, 0.6) is 0 Å². The van der Waals surface area contributed by atoms with E-state index in [1.165, 1.54) is 12.1 Å². The Bertz CT molecular complexity index is 918. The fourth-order valence-electron chi connectivity index (χ4n) is 2.86. The van der Waals surface area contributed by atoms with E-state index in [-0.39, 0.29) is 11.8 Å². The first-order valence-electron chi connectivity index (χ1n) is 7.69. The zero-order valence-corrected chi connectivity index (χ0v) is 13.9. The van der Waals surface area contributed by atoms with Crippen molar-refractivity contribution in [1.29, 1.82) is 0 Å². The SMILES string of the molecule is Cc1nc2n(n1)CCN(C(=O)NCc1cc3cc(F)ccc3s1)C2. The second kappa shape index (κ2) is 5.86. The largest absolute Gasteiger partial charge is 0.333 e. The zero-order valence-electron chi connectivity index (χ0n) is 13.1. The molecule has 2 amide bonds. The summed E-state index contributed by atoms with van der Waals surface area (Å²) in [7, 11) is 0. The maximum absolute atomic E-state index is 13.2. The maximum Gasteiger partial charge on any atom is 0.318 e. The van der Waals surface area contributed by atoms with Crippen LogP contribution in [0.4, 0.5) is 9.18 Å². The fraction of sp³-hybridized carbons (Fsp3) is 0.312. The molecule has 1 aromatic carbocycles. The van der Waals surface area contributed by atoms with Crippen molar-refractivity contribution in [2.75, 3.05) is 6.54 Å². The predicted molar refractivity (Wildman–Crippen MR) is 89.2 cm³/mol. The summed E-state index contributed by atoms with van der Waals surface area (Å²) >= 11 is 1.56. The van der Waals surface area contributed by atoms with Crippen LogP contribution in [-0.2, 0) is 19.6 Å². The van der Waals surface area contributed by atoms with E-state index in [9.17, 15) is 9.18 Å². The first-order valence-corrected chi connectivity index (χ1v) is 8.51. The van der Waals surface area contributed by atoms with Crippen LogP contribution in [0.25, 0.3) is 10.1 Å². The minimum Gasteiger partial charge on any atom is -0.333 e. The van der Waals surface area contributed by atoms with Crippen LogP contribution in [0.2, 0.25) is 0 Å². The molecule has 3 aromatic rings. The van der Waals surface area contributed by atoms with E-state index in [1.54, 1.807) is 22.3 Å². The van der Waals surface area contributed by atoms with Crippen molar-refractivity contribution in [3.8, 4) is 0 Å². The van der Waals surface area contributed by atoms with Gasteiger partial charge in [-0.2, -0.15) is 5.10 Å². The highest BCUT2D eigenvalue weighted by molar-refractivity contribution is 7.19. The number of nitrogens with one attached hydrogen (secondary N) is 1. The number of fused-ring (bicyclic) bond motifs is 2. The maximum atomic E-state index is 13.2. The molecule has 6 nitrogen and oxygen atoms in total. The number of amides is 2. The Morgan fingerprint density at radius 2 is 2.25 bits per heavy atom. The Kier molecular flexibility index (Phi) is 3.68. The molecule has 1 aliphatic heterocycles. The second-order valence-corrected chi connectivity index (χ2v) is 6.94. The van der Waals surface area contributed by atoms with Crippen molar-refractivity contribution in [1.82, 2.24) is 25.0 Å². The molecule has 0 saturated heterocycles. The molecule has 1 N–H and O–H groups in total. The molecule has 2 aromatic heterocycles. The molecule has 0 spiro atoms. The number of aryl methyl sites for hydroxylation is 1. The third-order valence-corrected chi connectivity index (χ3v) is 5.11. The minimum atomic E-state index is -0.247. The Labute approximate surface area is 141 Å². The quantitative estimate of drug-likeness (QED) is 0.777. The van der Waals surface area contributed by atoms with E-state index in [4.69, 9.17) is 0 Å². The molecule has 24 heavy (non-hydrogen) atoms. The Balaban J connectivity index is 1.41. The van der Waals surface area contributed by atoms with Crippen molar-refractivity contribution in [2.24, 2.45) is 0 Å². The van der Waals surface area contributed by atoms with E-state index in [0.717, 1.165) is 26.6 Å². The molecule has 0 radical (unpaired) electrons. The van der Waals surface area contributed by atoms with Crippen LogP contribution in [-0.4, -0.2) is 32.2 Å². The first kappa shape index (κ1) is 15.1. The van der Waals surface area contributed by atoms with Gasteiger partial charge >= 0.3 is 6.03 Å². The van der Waals surface area contributed by atoms with Crippen molar-refractivity contribution >= 4 is 27.5 Å². The number of carbonyl (C=O) groups is 1. The van der Waals surface area contributed by atoms with Gasteiger partial charge in [0.15, 0.2) is 0 Å². The average Bonchev–Trinajstić information content (AvgIpc) is 3.12. The summed E-state index contributed by atoms with van der Waals surface area (Å²) in [6.45, 7) is 4.01. The number of thiophene rings is 1. The van der Waals surface area contributed by atoms with E-state index < -0.39 is 0 Å². The number of rotatable bonds is 2. The van der Waals surface area contributed by atoms with Crippen LogP contribution in [0.3, 0.4) is 0 Å². The lowest BCUT2D eigenvalue weighted by Gasteiger charge is -2.26. The number of urea groups is 1. The van der Waals surface area contributed by atoms with Gasteiger partial charge in [0, 0.05) is 16.1 Å². The van der Waals surface area contributed by atoms with E-state index in [2.05, 4.69) is 15.4 Å². The van der Waals surface area contributed by atoms with Crippen LogP contribution in [0, 0.1) is 12.7 Å². The fourth-order valence-corrected chi connectivity index (χ4v) is 3.85. The molecule has 0 atom stereocenters. The number of hydrogen-bond donors (Lipinski definition) is 1. The van der Waals surface area contributed by atoms with Gasteiger partial charge in [-0.05, 0) is 36.6 Å². The van der Waals surface area contributed by atoms with Crippen molar-refractivity contribution in [2.45, 2.75) is 26.6 Å². The summed E-state index contributed by atoms with van der Waals surface area (Å²) in [4.78, 5) is 19.4. The summed E-state index contributed by atoms with van der Waals surface area (Å²) in [5, 5.41) is 8.08. The molecule has 0 aliphatic carbocycles. The number of nitrogens with zero attached hydrogens (tertiary/aromatic N) is 4. The minimum absolute atomic E-state index is 0.120. The molecule has 0 fully saturated rings. The van der Waals surface area contributed by atoms with E-state index >= 15 is 0 Å². The number of carbonyl (C=O) groups excluding carboxylic acids is 1. The smallest absolute Gasteiger partial charge is 0.318 e. The zero-order chi connectivity index (χ0) is 16.7. The normalized spacial score (nSPS) is 14.0. The summed E-state index contributed by atoms with van der Waals surface area (Å²) in [5.74, 6) is 1.29. The lowest BCUT2D eigenvalue weighted by atomic mass is 10.2. The highest BCUT2D eigenvalue weighted by Crippen LogP contribution is 2.26. The monoisotopic (exact) mass is 345 g/mol. The summed E-state index contributed by atoms with van der Waals surface area (Å²) < 4.78 is 16.1. The molecule has 0 saturated carbocycles. The molecule has 4 rings (SSSR count). The van der Waals surface area contributed by atoms with Gasteiger partial charge in [-0.15, -0.1) is 11.3 Å². The molecular weight excluding hydrogens is 329 g/mol. The molecule has 0 unspecified atom stereocenters. The number of benzene rings is 1. The predicted octanol–water partition coefficient (Wildman–Crippen LogP) is 2.67. The summed E-state index contributed by atoms with van der Waals surface area (Å²) in [6.07, 6.45) is 0. The van der Waals surface area contributed by atoms with Gasteiger partial charge in [0.1, 0.15) is 17.5 Å². The molecular formula is C16H16FN5OS. The van der Waals surface area contributed by atoms with Crippen LogP contribution in [0.15, 0.2) is 24.3 Å². The summed E-state index contributed by atoms with van der Waals surface area (Å²) in [6, 6.07) is 6.52. The highest BCUT2D eigenvalue weighted by atomic mass is 32.1. The third-order valence-electron chi connectivity index (χ3n) is 4.00. The average molecular weight is 345 g/mol. The Hall–Kier alpha value is -2.48. The lowest BCUT2D eigenvalue weighted by Crippen LogP contribution is -2.44. The van der Waals surface area contributed by atoms with Crippen molar-refractivity contribution in [3.63, 3.8) is 0 Å². The van der Waals surface area contributed by atoms with Crippen LogP contribution >= 0.6 is 11.3 Å². The number of aromatic nitrogens is 3. The Morgan fingerprint density at radius 1 is 1.38 bits per heavy atom. The molecule has 1 aliphatic rings. The molecule has 8 heteroatoms. The van der Waals surface area contributed by atoms with Crippen LogP contribution < -0.4 is 5.32 Å². The third kappa shape index (κ3) is 2.84. The van der Waals surface area contributed by atoms with Gasteiger partial charge in [0.25, 0.3) is 0 Å². The standard InChI is InChI=1S/C16H16FN5OS/c1-10-19-15-9-21(4-5-22(15)20-10)16(23)18-8-13-7-11-6-12(17)2-3-14(11)24-13/h2-3,6-7H,4-5,8-9H2,1H3,(H,18,23). The van der Waals surface area contributed by atoms with E-state index in [1.807, 2.05) is 17.7 Å². The Morgan fingerprint density at radius 3 is 3.12 bits per heavy atom. The van der Waals surface area contributed by atoms with E-state index in [0.29, 0.717) is 26.2 Å². The van der Waals surface area contributed by atoms with Gasteiger partial charge in [0.2, 0.25) is 0 Å². The van der Waals surface area contributed by atoms with Crippen molar-refractivity contribution < 1.29 is 9.18 Å². The van der Waals surface area contributed by atoms with Crippen molar-refractivity contribution in [3.05, 3.63) is 46.6 Å². The molecule has 0 bridgehead atoms. The van der Waals surface area contributed by atoms with Gasteiger partial charge in [-0.1, -0.05) is 0 Å². The number of hydrogen-bond acceptors (Lipinski definition) is 4. The van der Waals surface area contributed by atoms with Gasteiger partial charge in [-0.25, -0.2) is 18.9 Å². The first-order chi connectivity index (χ1) is 11.6. The van der Waals surface area contributed by atoms with Gasteiger partial charge in [-0.3, -0.25) is 0 Å². The molecule has 3 heterocycles. The lowest BCUT2D eigenvalue weighted by molar-refractivity contribution is 0.179. The topological polar surface area (TPSA) is 63.1 Å². The molecule has 124 valence electrons. The highest BCUT2D eigenvalue weighted by Gasteiger charge is 2.22. The number of halogens is 1. The van der Waals surface area contributed by atoms with Gasteiger partial charge in [0.05, 0.1) is 19.6 Å². The second-order valence-electron chi connectivity index (χ2n) is 5.77. The van der Waals surface area contributed by atoms with Gasteiger partial charge < -0.3 is 10.2 Å².